The zero-order chi connectivity index (χ0) is 17.1. The summed E-state index contributed by atoms with van der Waals surface area (Å²) in [5, 5.41) is 4.42. The summed E-state index contributed by atoms with van der Waals surface area (Å²) in [5.41, 5.74) is 0.947. The van der Waals surface area contributed by atoms with Crippen LogP contribution in [0.1, 0.15) is 22.5 Å². The number of hydrogen-bond acceptors (Lipinski definition) is 3. The number of carbonyl (C=O) groups is 1. The number of piperidine rings is 1. The van der Waals surface area contributed by atoms with Gasteiger partial charge >= 0.3 is 0 Å². The monoisotopic (exact) mass is 382 g/mol. The molecule has 0 spiro atoms. The van der Waals surface area contributed by atoms with E-state index < -0.39 is 0 Å². The van der Waals surface area contributed by atoms with Crippen LogP contribution in [0.5, 0.6) is 0 Å². The van der Waals surface area contributed by atoms with E-state index >= 15 is 0 Å². The van der Waals surface area contributed by atoms with E-state index in [1.54, 1.807) is 6.07 Å². The standard InChI is InChI=1S/C18H20Cl2N2OS/c1-21-10-12-3-2-6-22(11-12)18(23)17-5-4-16(24-17)13-7-14(19)9-15(20)8-13/h4-5,7-9,12,21H,2-3,6,10-11H2,1H3. The molecule has 1 unspecified atom stereocenters. The highest BCUT2D eigenvalue weighted by Crippen LogP contribution is 2.33. The van der Waals surface area contributed by atoms with Gasteiger partial charge in [0, 0.05) is 28.0 Å². The van der Waals surface area contributed by atoms with Crippen LogP contribution in [0.2, 0.25) is 10.0 Å². The van der Waals surface area contributed by atoms with E-state index in [1.165, 1.54) is 17.8 Å². The maximum Gasteiger partial charge on any atom is 0.263 e. The molecule has 0 radical (unpaired) electrons. The fourth-order valence-corrected chi connectivity index (χ4v) is 4.65. The number of thiophene rings is 1. The Morgan fingerprint density at radius 3 is 2.75 bits per heavy atom. The number of rotatable bonds is 4. The summed E-state index contributed by atoms with van der Waals surface area (Å²) in [6, 6.07) is 9.32. The lowest BCUT2D eigenvalue weighted by Gasteiger charge is -2.32. The highest BCUT2D eigenvalue weighted by atomic mass is 35.5. The molecule has 0 bridgehead atoms. The van der Waals surface area contributed by atoms with Crippen molar-refractivity contribution in [2.45, 2.75) is 12.8 Å². The average Bonchev–Trinajstić information content (AvgIpc) is 3.04. The number of halogens is 2. The van der Waals surface area contributed by atoms with Gasteiger partial charge in [-0.05, 0) is 68.2 Å². The number of carbonyl (C=O) groups excluding carboxylic acids is 1. The molecule has 1 aromatic heterocycles. The van der Waals surface area contributed by atoms with E-state index in [9.17, 15) is 4.79 Å². The lowest BCUT2D eigenvalue weighted by atomic mass is 9.98. The normalized spacial score (nSPS) is 18.0. The summed E-state index contributed by atoms with van der Waals surface area (Å²) in [7, 11) is 1.96. The zero-order valence-corrected chi connectivity index (χ0v) is 15.8. The second-order valence-electron chi connectivity index (χ2n) is 6.14. The quantitative estimate of drug-likeness (QED) is 0.823. The summed E-state index contributed by atoms with van der Waals surface area (Å²) in [5.74, 6) is 0.666. The topological polar surface area (TPSA) is 32.3 Å². The first kappa shape index (κ1) is 17.7. The Hall–Kier alpha value is -1.07. The first-order valence-electron chi connectivity index (χ1n) is 8.07. The van der Waals surface area contributed by atoms with Gasteiger partial charge in [-0.1, -0.05) is 23.2 Å². The molecule has 1 fully saturated rings. The number of likely N-dealkylation sites (tertiary alicyclic amines) is 1. The summed E-state index contributed by atoms with van der Waals surface area (Å²) in [4.78, 5) is 16.5. The van der Waals surface area contributed by atoms with Crippen LogP contribution in [0.4, 0.5) is 0 Å². The predicted octanol–water partition coefficient (Wildman–Crippen LogP) is 4.79. The smallest absolute Gasteiger partial charge is 0.263 e. The molecule has 24 heavy (non-hydrogen) atoms. The van der Waals surface area contributed by atoms with Crippen molar-refractivity contribution >= 4 is 40.4 Å². The molecular weight excluding hydrogens is 363 g/mol. The third-order valence-electron chi connectivity index (χ3n) is 4.26. The van der Waals surface area contributed by atoms with Crippen LogP contribution in [0.25, 0.3) is 10.4 Å². The molecule has 2 heterocycles. The minimum Gasteiger partial charge on any atom is -0.338 e. The Morgan fingerprint density at radius 1 is 1.29 bits per heavy atom. The Morgan fingerprint density at radius 2 is 2.04 bits per heavy atom. The molecule has 1 saturated heterocycles. The SMILES string of the molecule is CNCC1CCCN(C(=O)c2ccc(-c3cc(Cl)cc(Cl)c3)s2)C1. The maximum atomic E-state index is 12.8. The molecule has 128 valence electrons. The van der Waals surface area contributed by atoms with E-state index in [-0.39, 0.29) is 5.91 Å². The van der Waals surface area contributed by atoms with Crippen molar-refractivity contribution in [3.05, 3.63) is 45.3 Å². The van der Waals surface area contributed by atoms with Crippen LogP contribution in [-0.2, 0) is 0 Å². The fraction of sp³-hybridized carbons (Fsp3) is 0.389. The Labute approximate surface area is 156 Å². The molecule has 0 saturated carbocycles. The largest absolute Gasteiger partial charge is 0.338 e. The molecule has 1 amide bonds. The third-order valence-corrected chi connectivity index (χ3v) is 5.82. The van der Waals surface area contributed by atoms with Crippen LogP contribution in [0, 0.1) is 5.92 Å². The molecule has 3 nitrogen and oxygen atoms in total. The lowest BCUT2D eigenvalue weighted by Crippen LogP contribution is -2.42. The summed E-state index contributed by atoms with van der Waals surface area (Å²) >= 11 is 13.6. The van der Waals surface area contributed by atoms with Gasteiger partial charge < -0.3 is 10.2 Å². The van der Waals surface area contributed by atoms with Crippen LogP contribution < -0.4 is 5.32 Å². The van der Waals surface area contributed by atoms with Crippen molar-refractivity contribution in [1.29, 1.82) is 0 Å². The Kier molecular flexibility index (Phi) is 5.82. The highest BCUT2D eigenvalue weighted by Gasteiger charge is 2.25. The Balaban J connectivity index is 1.76. The van der Waals surface area contributed by atoms with Crippen molar-refractivity contribution < 1.29 is 4.79 Å². The molecule has 1 N–H and O–H groups in total. The van der Waals surface area contributed by atoms with Gasteiger partial charge in [-0.15, -0.1) is 11.3 Å². The highest BCUT2D eigenvalue weighted by molar-refractivity contribution is 7.17. The summed E-state index contributed by atoms with van der Waals surface area (Å²) in [6.07, 6.45) is 2.25. The van der Waals surface area contributed by atoms with E-state index in [0.29, 0.717) is 16.0 Å². The number of nitrogens with one attached hydrogen (secondary N) is 1. The van der Waals surface area contributed by atoms with Crippen molar-refractivity contribution in [3.63, 3.8) is 0 Å². The Bertz CT molecular complexity index is 709. The number of hydrogen-bond donors (Lipinski definition) is 1. The minimum absolute atomic E-state index is 0.125. The third kappa shape index (κ3) is 4.12. The molecule has 1 atom stereocenters. The lowest BCUT2D eigenvalue weighted by molar-refractivity contribution is 0.0679. The predicted molar refractivity (Wildman–Crippen MR) is 102 cm³/mol. The zero-order valence-electron chi connectivity index (χ0n) is 13.5. The second kappa shape index (κ2) is 7.87. The summed E-state index contributed by atoms with van der Waals surface area (Å²) < 4.78 is 0. The van der Waals surface area contributed by atoms with E-state index in [2.05, 4.69) is 5.32 Å². The van der Waals surface area contributed by atoms with E-state index in [0.717, 1.165) is 41.4 Å². The second-order valence-corrected chi connectivity index (χ2v) is 8.10. The molecule has 2 aromatic rings. The van der Waals surface area contributed by atoms with Gasteiger partial charge in [-0.25, -0.2) is 0 Å². The number of benzene rings is 1. The average molecular weight is 383 g/mol. The molecule has 3 rings (SSSR count). The molecule has 6 heteroatoms. The van der Waals surface area contributed by atoms with Gasteiger partial charge in [-0.2, -0.15) is 0 Å². The first-order chi connectivity index (χ1) is 11.6. The van der Waals surface area contributed by atoms with Crippen LogP contribution >= 0.6 is 34.5 Å². The first-order valence-corrected chi connectivity index (χ1v) is 9.64. The van der Waals surface area contributed by atoms with Crippen LogP contribution in [0.15, 0.2) is 30.3 Å². The van der Waals surface area contributed by atoms with Crippen LogP contribution in [0.3, 0.4) is 0 Å². The van der Waals surface area contributed by atoms with E-state index in [4.69, 9.17) is 23.2 Å². The number of nitrogens with zero attached hydrogens (tertiary/aromatic N) is 1. The minimum atomic E-state index is 0.125. The summed E-state index contributed by atoms with van der Waals surface area (Å²) in [6.45, 7) is 2.63. The molecule has 1 aliphatic heterocycles. The van der Waals surface area contributed by atoms with Crippen molar-refractivity contribution in [2.75, 3.05) is 26.7 Å². The fourth-order valence-electron chi connectivity index (χ4n) is 3.16. The van der Waals surface area contributed by atoms with Gasteiger partial charge in [0.15, 0.2) is 0 Å². The molecular formula is C18H20Cl2N2OS. The molecule has 1 aliphatic rings. The van der Waals surface area contributed by atoms with E-state index in [1.807, 2.05) is 36.2 Å². The van der Waals surface area contributed by atoms with Crippen molar-refractivity contribution in [1.82, 2.24) is 10.2 Å². The van der Waals surface area contributed by atoms with Crippen LogP contribution in [-0.4, -0.2) is 37.5 Å². The van der Waals surface area contributed by atoms with Gasteiger partial charge in [0.2, 0.25) is 0 Å². The van der Waals surface area contributed by atoms with Crippen molar-refractivity contribution in [2.24, 2.45) is 5.92 Å². The van der Waals surface area contributed by atoms with Gasteiger partial charge in [0.05, 0.1) is 4.88 Å². The molecule has 1 aromatic carbocycles. The van der Waals surface area contributed by atoms with Gasteiger partial charge in [-0.3, -0.25) is 4.79 Å². The van der Waals surface area contributed by atoms with Gasteiger partial charge in [0.1, 0.15) is 0 Å². The van der Waals surface area contributed by atoms with Crippen molar-refractivity contribution in [3.8, 4) is 10.4 Å². The van der Waals surface area contributed by atoms with Gasteiger partial charge in [0.25, 0.3) is 5.91 Å². The maximum absolute atomic E-state index is 12.8. The molecule has 0 aliphatic carbocycles. The number of amides is 1.